The number of carbonyl (C=O) groups is 1. The Balaban J connectivity index is 1.55. The third-order valence-corrected chi connectivity index (χ3v) is 7.84. The summed E-state index contributed by atoms with van der Waals surface area (Å²) in [5.41, 5.74) is 0.334. The molecule has 0 N–H and O–H groups in total. The molecule has 0 radical (unpaired) electrons. The quantitative estimate of drug-likeness (QED) is 0.520. The van der Waals surface area contributed by atoms with Crippen molar-refractivity contribution in [3.8, 4) is 5.75 Å². The summed E-state index contributed by atoms with van der Waals surface area (Å²) in [6, 6.07) is 8.89. The predicted octanol–water partition coefficient (Wildman–Crippen LogP) is 3.75. The first kappa shape index (κ1) is 20.8. The van der Waals surface area contributed by atoms with Gasteiger partial charge in [-0.1, -0.05) is 23.2 Å². The van der Waals surface area contributed by atoms with Gasteiger partial charge in [-0.25, -0.2) is 8.42 Å². The normalized spacial score (nSPS) is 18.7. The summed E-state index contributed by atoms with van der Waals surface area (Å²) < 4.78 is 33.4. The number of carbonyl (C=O) groups excluding carboxylic acids is 1. The van der Waals surface area contributed by atoms with Crippen LogP contribution in [0.3, 0.4) is 0 Å². The number of nitrogens with zero attached hydrogens (tertiary/aromatic N) is 2. The number of nitro groups is 1. The largest absolute Gasteiger partial charge is 0.486 e. The maximum absolute atomic E-state index is 13.0. The van der Waals surface area contributed by atoms with Crippen molar-refractivity contribution >= 4 is 33.1 Å². The molecule has 30 heavy (non-hydrogen) atoms. The molecular formula is C20H19ClN2O6S. The molecule has 0 unspecified atom stereocenters. The number of piperidine rings is 1. The fourth-order valence-electron chi connectivity index (χ4n) is 3.96. The van der Waals surface area contributed by atoms with E-state index in [1.807, 2.05) is 13.0 Å². The zero-order valence-corrected chi connectivity index (χ0v) is 17.7. The van der Waals surface area contributed by atoms with Crippen molar-refractivity contribution in [2.24, 2.45) is 0 Å². The van der Waals surface area contributed by atoms with Gasteiger partial charge in [-0.3, -0.25) is 14.9 Å². The van der Waals surface area contributed by atoms with Gasteiger partial charge in [-0.15, -0.1) is 0 Å². The number of ketones is 1. The summed E-state index contributed by atoms with van der Waals surface area (Å²) in [6.07, 6.45) is 0.895. The number of Topliss-reactive ketones (excluding diaryl/α,β-unsaturated/α-hetero) is 1. The zero-order valence-electron chi connectivity index (χ0n) is 16.1. The predicted molar refractivity (Wildman–Crippen MR) is 110 cm³/mol. The fraction of sp³-hybridized carbons (Fsp3) is 0.350. The first-order valence-corrected chi connectivity index (χ1v) is 11.2. The van der Waals surface area contributed by atoms with Gasteiger partial charge in [0.25, 0.3) is 5.69 Å². The molecule has 158 valence electrons. The van der Waals surface area contributed by atoms with E-state index in [1.165, 1.54) is 16.4 Å². The van der Waals surface area contributed by atoms with E-state index >= 15 is 0 Å². The molecule has 10 heteroatoms. The number of rotatable bonds is 3. The SMILES string of the molecule is Cc1ccc2c(c1)C(=O)CC1(CCN(S(=O)(=O)c3ccc(Cl)c([N+](=O)[O-])c3)CC1)O2. The highest BCUT2D eigenvalue weighted by Gasteiger charge is 2.45. The van der Waals surface area contributed by atoms with Crippen LogP contribution in [0, 0.1) is 17.0 Å². The van der Waals surface area contributed by atoms with Crippen LogP contribution in [0.25, 0.3) is 0 Å². The van der Waals surface area contributed by atoms with Crippen LogP contribution >= 0.6 is 11.6 Å². The highest BCUT2D eigenvalue weighted by molar-refractivity contribution is 7.89. The van der Waals surface area contributed by atoms with E-state index in [9.17, 15) is 23.3 Å². The Morgan fingerprint density at radius 3 is 2.53 bits per heavy atom. The maximum Gasteiger partial charge on any atom is 0.289 e. The van der Waals surface area contributed by atoms with Crippen LogP contribution in [-0.2, 0) is 10.0 Å². The summed E-state index contributed by atoms with van der Waals surface area (Å²) in [4.78, 5) is 22.9. The monoisotopic (exact) mass is 450 g/mol. The molecule has 2 aliphatic heterocycles. The van der Waals surface area contributed by atoms with E-state index in [4.69, 9.17) is 16.3 Å². The van der Waals surface area contributed by atoms with E-state index in [2.05, 4.69) is 0 Å². The first-order valence-electron chi connectivity index (χ1n) is 9.38. The molecule has 2 heterocycles. The van der Waals surface area contributed by atoms with E-state index in [-0.39, 0.29) is 35.2 Å². The van der Waals surface area contributed by atoms with Crippen LogP contribution in [0.4, 0.5) is 5.69 Å². The molecule has 8 nitrogen and oxygen atoms in total. The molecule has 0 atom stereocenters. The third-order valence-electron chi connectivity index (χ3n) is 5.63. The van der Waals surface area contributed by atoms with Gasteiger partial charge in [0.1, 0.15) is 16.4 Å². The van der Waals surface area contributed by atoms with Crippen molar-refractivity contribution in [1.82, 2.24) is 4.31 Å². The van der Waals surface area contributed by atoms with Gasteiger partial charge in [0.15, 0.2) is 5.78 Å². The molecule has 0 aromatic heterocycles. The third kappa shape index (κ3) is 3.57. The summed E-state index contributed by atoms with van der Waals surface area (Å²) in [6.45, 7) is 2.20. The standard InChI is InChI=1S/C20H19ClN2O6S/c1-13-2-5-19-15(10-13)18(24)12-20(29-19)6-8-22(9-7-20)30(27,28)14-3-4-16(21)17(11-14)23(25)26/h2-5,10-11H,6-9,12H2,1H3. The van der Waals surface area contributed by atoms with Crippen LogP contribution in [0.15, 0.2) is 41.3 Å². The summed E-state index contributed by atoms with van der Waals surface area (Å²) in [7, 11) is -3.94. The molecule has 2 aromatic rings. The van der Waals surface area contributed by atoms with Gasteiger partial charge >= 0.3 is 0 Å². The van der Waals surface area contributed by atoms with E-state index in [0.29, 0.717) is 24.2 Å². The maximum atomic E-state index is 13.0. The van der Waals surface area contributed by atoms with Gasteiger partial charge in [0, 0.05) is 32.0 Å². The Morgan fingerprint density at radius 2 is 1.87 bits per heavy atom. The second-order valence-electron chi connectivity index (χ2n) is 7.66. The van der Waals surface area contributed by atoms with Crippen molar-refractivity contribution in [2.75, 3.05) is 13.1 Å². The topological polar surface area (TPSA) is 107 Å². The highest BCUT2D eigenvalue weighted by Crippen LogP contribution is 2.40. The van der Waals surface area contributed by atoms with Crippen LogP contribution < -0.4 is 4.74 Å². The van der Waals surface area contributed by atoms with E-state index < -0.39 is 26.2 Å². The molecule has 1 fully saturated rings. The molecule has 2 aliphatic rings. The van der Waals surface area contributed by atoms with Gasteiger partial charge in [0.05, 0.1) is 21.8 Å². The van der Waals surface area contributed by atoms with Gasteiger partial charge in [-0.2, -0.15) is 4.31 Å². The van der Waals surface area contributed by atoms with Gasteiger partial charge in [-0.05, 0) is 31.2 Å². The number of ether oxygens (including phenoxy) is 1. The van der Waals surface area contributed by atoms with Crippen molar-refractivity contribution in [3.05, 3.63) is 62.7 Å². The van der Waals surface area contributed by atoms with Crippen molar-refractivity contribution in [3.63, 3.8) is 0 Å². The lowest BCUT2D eigenvalue weighted by Crippen LogP contribution is -2.52. The minimum atomic E-state index is -3.94. The first-order chi connectivity index (χ1) is 14.1. The van der Waals surface area contributed by atoms with Crippen LogP contribution in [0.2, 0.25) is 5.02 Å². The Morgan fingerprint density at radius 1 is 1.17 bits per heavy atom. The molecule has 0 saturated carbocycles. The lowest BCUT2D eigenvalue weighted by atomic mass is 9.83. The van der Waals surface area contributed by atoms with Crippen LogP contribution in [-0.4, -0.2) is 42.1 Å². The lowest BCUT2D eigenvalue weighted by Gasteiger charge is -2.43. The lowest BCUT2D eigenvalue weighted by molar-refractivity contribution is -0.384. The van der Waals surface area contributed by atoms with Gasteiger partial charge < -0.3 is 4.74 Å². The van der Waals surface area contributed by atoms with Crippen LogP contribution in [0.5, 0.6) is 5.75 Å². The average molecular weight is 451 g/mol. The van der Waals surface area contributed by atoms with Crippen molar-refractivity contribution in [1.29, 1.82) is 0 Å². The molecule has 1 saturated heterocycles. The number of aryl methyl sites for hydroxylation is 1. The Bertz CT molecular complexity index is 1160. The number of hydrogen-bond donors (Lipinski definition) is 0. The smallest absolute Gasteiger partial charge is 0.289 e. The second kappa shape index (κ2) is 7.33. The molecule has 0 amide bonds. The van der Waals surface area contributed by atoms with E-state index in [1.54, 1.807) is 12.1 Å². The molecule has 4 rings (SSSR count). The second-order valence-corrected chi connectivity index (χ2v) is 10.0. The van der Waals surface area contributed by atoms with Crippen LogP contribution in [0.1, 0.15) is 35.2 Å². The number of nitro benzene ring substituents is 1. The zero-order chi connectivity index (χ0) is 21.7. The van der Waals surface area contributed by atoms with E-state index in [0.717, 1.165) is 11.6 Å². The van der Waals surface area contributed by atoms with Gasteiger partial charge in [0.2, 0.25) is 10.0 Å². The van der Waals surface area contributed by atoms with Crippen molar-refractivity contribution in [2.45, 2.75) is 36.7 Å². The minimum absolute atomic E-state index is 0.00965. The number of halogens is 1. The number of fused-ring (bicyclic) bond motifs is 1. The Labute approximate surface area is 178 Å². The molecule has 1 spiro atoms. The Hall–Kier alpha value is -2.49. The average Bonchev–Trinajstić information content (AvgIpc) is 2.69. The minimum Gasteiger partial charge on any atom is -0.486 e. The summed E-state index contributed by atoms with van der Waals surface area (Å²) in [5.74, 6) is 0.520. The molecular weight excluding hydrogens is 432 g/mol. The molecule has 0 aliphatic carbocycles. The highest BCUT2D eigenvalue weighted by atomic mass is 35.5. The van der Waals surface area contributed by atoms with Crippen molar-refractivity contribution < 1.29 is 22.9 Å². The number of hydrogen-bond acceptors (Lipinski definition) is 6. The Kier molecular flexibility index (Phi) is 5.08. The summed E-state index contributed by atoms with van der Waals surface area (Å²) >= 11 is 5.79. The number of benzene rings is 2. The summed E-state index contributed by atoms with van der Waals surface area (Å²) in [5, 5.41) is 11.0. The molecule has 0 bridgehead atoms. The molecule has 2 aromatic carbocycles. The fourth-order valence-corrected chi connectivity index (χ4v) is 5.61. The number of sulfonamides is 1.